The van der Waals surface area contributed by atoms with Gasteiger partial charge in [-0.1, -0.05) is 12.8 Å². The zero-order chi connectivity index (χ0) is 9.35. The van der Waals surface area contributed by atoms with Gasteiger partial charge in [0.05, 0.1) is 6.10 Å². The maximum absolute atomic E-state index is 10.8. The van der Waals surface area contributed by atoms with Gasteiger partial charge < -0.3 is 0 Å². The summed E-state index contributed by atoms with van der Waals surface area (Å²) >= 11 is 0. The van der Waals surface area contributed by atoms with Crippen molar-refractivity contribution in [3.8, 4) is 12.3 Å². The van der Waals surface area contributed by atoms with Gasteiger partial charge in [0.25, 0.3) is 0 Å². The molecule has 1 heterocycles. The second kappa shape index (κ2) is 3.05. The molecule has 0 radical (unpaired) electrons. The van der Waals surface area contributed by atoms with E-state index in [1.807, 2.05) is 0 Å². The zero-order valence-corrected chi connectivity index (χ0v) is 7.67. The van der Waals surface area contributed by atoms with Gasteiger partial charge in [0.1, 0.15) is 6.10 Å². The van der Waals surface area contributed by atoms with Crippen LogP contribution < -0.4 is 0 Å². The van der Waals surface area contributed by atoms with Crippen LogP contribution in [0.5, 0.6) is 0 Å². The van der Waals surface area contributed by atoms with Gasteiger partial charge in [-0.2, -0.15) is 8.42 Å². The predicted molar refractivity (Wildman–Crippen MR) is 42.3 cm³/mol. The van der Waals surface area contributed by atoms with Crippen LogP contribution in [0.15, 0.2) is 0 Å². The zero-order valence-electron chi connectivity index (χ0n) is 6.85. The molecule has 0 aromatic rings. The van der Waals surface area contributed by atoms with Crippen LogP contribution in [-0.2, 0) is 18.8 Å². The minimum Gasteiger partial charge on any atom is -0.245 e. The highest BCUT2D eigenvalue weighted by atomic mass is 32.3. The molecule has 5 heteroatoms. The Balaban J connectivity index is 2.88. The van der Waals surface area contributed by atoms with Crippen LogP contribution in [0.2, 0.25) is 0 Å². The molecule has 1 aliphatic heterocycles. The third kappa shape index (κ3) is 1.78. The van der Waals surface area contributed by atoms with E-state index in [1.54, 1.807) is 13.8 Å². The highest BCUT2D eigenvalue weighted by molar-refractivity contribution is 7.81. The molecule has 1 saturated heterocycles. The average molecular weight is 190 g/mol. The molecule has 0 spiro atoms. The van der Waals surface area contributed by atoms with Crippen LogP contribution in [-0.4, -0.2) is 20.6 Å². The third-order valence-electron chi connectivity index (χ3n) is 1.87. The third-order valence-corrected chi connectivity index (χ3v) is 2.86. The Morgan fingerprint density at radius 1 is 1.33 bits per heavy atom. The lowest BCUT2D eigenvalue weighted by atomic mass is 10.0. The fourth-order valence-electron chi connectivity index (χ4n) is 0.937. The Labute approximate surface area is 72.2 Å². The molecule has 4 nitrogen and oxygen atoms in total. The molecule has 68 valence electrons. The molecular formula is C7H10O4S. The number of hydrogen-bond donors (Lipinski definition) is 0. The smallest absolute Gasteiger partial charge is 0.245 e. The van der Waals surface area contributed by atoms with Crippen LogP contribution in [0.3, 0.4) is 0 Å². The molecular weight excluding hydrogens is 180 g/mol. The molecule has 0 N–H and O–H groups in total. The second-order valence-electron chi connectivity index (χ2n) is 2.75. The van der Waals surface area contributed by atoms with E-state index in [4.69, 9.17) is 6.42 Å². The van der Waals surface area contributed by atoms with Crippen molar-refractivity contribution in [1.82, 2.24) is 0 Å². The molecule has 3 unspecified atom stereocenters. The minimum absolute atomic E-state index is 0.112. The van der Waals surface area contributed by atoms with Gasteiger partial charge in [-0.3, -0.25) is 0 Å². The molecule has 12 heavy (non-hydrogen) atoms. The molecule has 3 atom stereocenters. The van der Waals surface area contributed by atoms with E-state index in [9.17, 15) is 8.42 Å². The van der Waals surface area contributed by atoms with Crippen LogP contribution >= 0.6 is 0 Å². The summed E-state index contributed by atoms with van der Waals surface area (Å²) in [4.78, 5) is 0. The lowest BCUT2D eigenvalue weighted by Crippen LogP contribution is -2.40. The first kappa shape index (κ1) is 9.52. The average Bonchev–Trinajstić information content (AvgIpc) is 1.96. The van der Waals surface area contributed by atoms with Gasteiger partial charge in [-0.25, -0.2) is 8.37 Å². The molecule has 1 aliphatic rings. The van der Waals surface area contributed by atoms with E-state index in [0.29, 0.717) is 0 Å². The SMILES string of the molecule is C#CC1OS(=O)(=O)OC(C)C1C. The normalized spacial score (nSPS) is 40.2. The maximum atomic E-state index is 10.8. The lowest BCUT2D eigenvalue weighted by Gasteiger charge is -2.29. The van der Waals surface area contributed by atoms with E-state index in [0.717, 1.165) is 0 Å². The summed E-state index contributed by atoms with van der Waals surface area (Å²) in [5, 5.41) is 0. The van der Waals surface area contributed by atoms with E-state index >= 15 is 0 Å². The topological polar surface area (TPSA) is 52.6 Å². The van der Waals surface area contributed by atoms with Gasteiger partial charge in [-0.15, -0.1) is 6.42 Å². The van der Waals surface area contributed by atoms with E-state index in [2.05, 4.69) is 14.3 Å². The van der Waals surface area contributed by atoms with Crippen molar-refractivity contribution in [3.05, 3.63) is 0 Å². The molecule has 0 aliphatic carbocycles. The Hall–Kier alpha value is -0.570. The molecule has 0 aromatic carbocycles. The van der Waals surface area contributed by atoms with Gasteiger partial charge in [0, 0.05) is 5.92 Å². The predicted octanol–water partition coefficient (Wildman–Crippen LogP) is 0.304. The Kier molecular flexibility index (Phi) is 2.42. The standard InChI is InChI=1S/C7H10O4S/c1-4-7-5(2)6(3)10-12(8,9)11-7/h1,5-7H,2-3H3. The van der Waals surface area contributed by atoms with Crippen molar-refractivity contribution < 1.29 is 16.8 Å². The number of terminal acetylenes is 1. The van der Waals surface area contributed by atoms with Crippen molar-refractivity contribution in [3.63, 3.8) is 0 Å². The molecule has 1 rings (SSSR count). The fourth-order valence-corrected chi connectivity index (χ4v) is 2.01. The first-order chi connectivity index (χ1) is 5.46. The monoisotopic (exact) mass is 190 g/mol. The summed E-state index contributed by atoms with van der Waals surface area (Å²) in [6, 6.07) is 0. The van der Waals surface area contributed by atoms with Crippen LogP contribution in [0.1, 0.15) is 13.8 Å². The Bertz CT molecular complexity index is 300. The van der Waals surface area contributed by atoms with Gasteiger partial charge >= 0.3 is 10.4 Å². The maximum Gasteiger partial charge on any atom is 0.401 e. The van der Waals surface area contributed by atoms with Crippen molar-refractivity contribution in [2.75, 3.05) is 0 Å². The summed E-state index contributed by atoms with van der Waals surface area (Å²) in [5.74, 6) is 2.15. The van der Waals surface area contributed by atoms with Crippen LogP contribution in [0, 0.1) is 18.3 Å². The van der Waals surface area contributed by atoms with Crippen molar-refractivity contribution in [2.45, 2.75) is 26.1 Å². The fraction of sp³-hybridized carbons (Fsp3) is 0.714. The van der Waals surface area contributed by atoms with E-state index < -0.39 is 22.6 Å². The number of hydrogen-bond acceptors (Lipinski definition) is 4. The Morgan fingerprint density at radius 3 is 2.42 bits per heavy atom. The first-order valence-electron chi connectivity index (χ1n) is 3.54. The van der Waals surface area contributed by atoms with E-state index in [1.165, 1.54) is 0 Å². The highest BCUT2D eigenvalue weighted by Crippen LogP contribution is 2.24. The quantitative estimate of drug-likeness (QED) is 0.516. The summed E-state index contributed by atoms with van der Waals surface area (Å²) in [7, 11) is -3.87. The first-order valence-corrected chi connectivity index (χ1v) is 4.87. The summed E-state index contributed by atoms with van der Waals surface area (Å²) in [6.45, 7) is 3.43. The van der Waals surface area contributed by atoms with Gasteiger partial charge in [0.15, 0.2) is 0 Å². The molecule has 0 aromatic heterocycles. The number of rotatable bonds is 0. The van der Waals surface area contributed by atoms with Gasteiger partial charge in [-0.05, 0) is 6.92 Å². The molecule has 1 fully saturated rings. The lowest BCUT2D eigenvalue weighted by molar-refractivity contribution is 0.0255. The molecule has 0 bridgehead atoms. The second-order valence-corrected chi connectivity index (χ2v) is 3.95. The minimum atomic E-state index is -3.87. The largest absolute Gasteiger partial charge is 0.401 e. The summed E-state index contributed by atoms with van der Waals surface area (Å²) < 4.78 is 30.8. The van der Waals surface area contributed by atoms with E-state index in [-0.39, 0.29) is 5.92 Å². The van der Waals surface area contributed by atoms with Crippen LogP contribution in [0.25, 0.3) is 0 Å². The molecule has 0 saturated carbocycles. The molecule has 0 amide bonds. The van der Waals surface area contributed by atoms with Crippen molar-refractivity contribution in [1.29, 1.82) is 0 Å². The highest BCUT2D eigenvalue weighted by Gasteiger charge is 2.36. The van der Waals surface area contributed by atoms with Crippen molar-refractivity contribution in [2.24, 2.45) is 5.92 Å². The summed E-state index contributed by atoms with van der Waals surface area (Å²) in [5.41, 5.74) is 0. The van der Waals surface area contributed by atoms with Gasteiger partial charge in [0.2, 0.25) is 0 Å². The Morgan fingerprint density at radius 2 is 1.92 bits per heavy atom. The summed E-state index contributed by atoms with van der Waals surface area (Å²) in [6.07, 6.45) is 3.95. The van der Waals surface area contributed by atoms with Crippen LogP contribution in [0.4, 0.5) is 0 Å². The van der Waals surface area contributed by atoms with Crippen molar-refractivity contribution >= 4 is 10.4 Å².